The molecule has 0 aromatic heterocycles. The minimum atomic E-state index is -0.427. The Bertz CT molecular complexity index is 630. The minimum absolute atomic E-state index is 0.137. The Balaban J connectivity index is 2.08. The highest BCUT2D eigenvalue weighted by atomic mass is 32.2. The van der Waals surface area contributed by atoms with Crippen LogP contribution >= 0.6 is 11.8 Å². The number of amidine groups is 1. The van der Waals surface area contributed by atoms with Crippen LogP contribution in [-0.2, 0) is 5.75 Å². The number of halogens is 2. The van der Waals surface area contributed by atoms with Gasteiger partial charge in [-0.1, -0.05) is 17.3 Å². The van der Waals surface area contributed by atoms with Crippen molar-refractivity contribution in [1.29, 1.82) is 0 Å². The first-order valence-corrected chi connectivity index (χ1v) is 6.73. The van der Waals surface area contributed by atoms with E-state index in [1.165, 1.54) is 30.0 Å². The van der Waals surface area contributed by atoms with Crippen LogP contribution < -0.4 is 5.73 Å². The van der Waals surface area contributed by atoms with Gasteiger partial charge in [-0.15, -0.1) is 11.8 Å². The van der Waals surface area contributed by atoms with Crippen LogP contribution in [0.2, 0.25) is 0 Å². The maximum Gasteiger partial charge on any atom is 0.170 e. The zero-order valence-electron chi connectivity index (χ0n) is 10.4. The molecule has 0 radical (unpaired) electrons. The monoisotopic (exact) mass is 294 g/mol. The molecule has 0 fully saturated rings. The zero-order valence-corrected chi connectivity index (χ0v) is 11.2. The van der Waals surface area contributed by atoms with Crippen LogP contribution in [0.25, 0.3) is 0 Å². The number of rotatable bonds is 4. The highest BCUT2D eigenvalue weighted by Crippen LogP contribution is 2.24. The maximum absolute atomic E-state index is 13.8. The Kier molecular flexibility index (Phi) is 4.57. The first-order valence-electron chi connectivity index (χ1n) is 5.75. The first kappa shape index (κ1) is 14.3. The topological polar surface area (TPSA) is 58.6 Å². The van der Waals surface area contributed by atoms with Crippen LogP contribution in [0.5, 0.6) is 0 Å². The average molecular weight is 294 g/mol. The van der Waals surface area contributed by atoms with Crippen molar-refractivity contribution >= 4 is 17.6 Å². The molecule has 6 heteroatoms. The molecule has 0 aliphatic carbocycles. The molecule has 0 spiro atoms. The molecule has 0 aliphatic heterocycles. The second kappa shape index (κ2) is 6.38. The molecule has 0 amide bonds. The Labute approximate surface area is 119 Å². The van der Waals surface area contributed by atoms with Gasteiger partial charge in [-0.3, -0.25) is 0 Å². The average Bonchev–Trinajstić information content (AvgIpc) is 2.46. The molecule has 0 heterocycles. The molecular formula is C14H12F2N2OS. The standard InChI is InChI=1S/C14H12F2N2OS/c15-11-3-5-12(6-4-11)20-8-10-2-1-9(7-13(10)16)14(17)18-19/h1-7,19H,8H2,(H2,17,18). The van der Waals surface area contributed by atoms with Gasteiger partial charge in [-0.2, -0.15) is 0 Å². The van der Waals surface area contributed by atoms with Gasteiger partial charge in [0.05, 0.1) is 0 Å². The number of oxime groups is 1. The van der Waals surface area contributed by atoms with E-state index in [0.717, 1.165) is 4.90 Å². The molecule has 0 saturated heterocycles. The van der Waals surface area contributed by atoms with Crippen molar-refractivity contribution < 1.29 is 14.0 Å². The van der Waals surface area contributed by atoms with Crippen molar-refractivity contribution in [3.63, 3.8) is 0 Å². The first-order chi connectivity index (χ1) is 9.60. The number of nitrogens with zero attached hydrogens (tertiary/aromatic N) is 1. The number of hydrogen-bond donors (Lipinski definition) is 2. The third-order valence-corrected chi connectivity index (χ3v) is 3.73. The summed E-state index contributed by atoms with van der Waals surface area (Å²) < 4.78 is 26.6. The molecular weight excluding hydrogens is 282 g/mol. The normalized spacial score (nSPS) is 11.6. The van der Waals surface area contributed by atoms with Crippen molar-refractivity contribution in [1.82, 2.24) is 0 Å². The molecule has 0 aliphatic rings. The van der Waals surface area contributed by atoms with E-state index in [-0.39, 0.29) is 11.7 Å². The van der Waals surface area contributed by atoms with Gasteiger partial charge in [0.25, 0.3) is 0 Å². The Morgan fingerprint density at radius 2 is 1.85 bits per heavy atom. The van der Waals surface area contributed by atoms with Crippen LogP contribution in [0.3, 0.4) is 0 Å². The van der Waals surface area contributed by atoms with Gasteiger partial charge in [0.2, 0.25) is 0 Å². The summed E-state index contributed by atoms with van der Waals surface area (Å²) in [5.41, 5.74) is 6.20. The molecule has 3 N–H and O–H groups in total. The number of hydrogen-bond acceptors (Lipinski definition) is 3. The summed E-state index contributed by atoms with van der Waals surface area (Å²) in [5.74, 6) is -0.456. The summed E-state index contributed by atoms with van der Waals surface area (Å²) in [6.45, 7) is 0. The number of benzene rings is 2. The van der Waals surface area contributed by atoms with Gasteiger partial charge in [-0.05, 0) is 35.9 Å². The maximum atomic E-state index is 13.8. The van der Waals surface area contributed by atoms with Crippen LogP contribution in [0.1, 0.15) is 11.1 Å². The summed E-state index contributed by atoms with van der Waals surface area (Å²) in [5, 5.41) is 11.3. The highest BCUT2D eigenvalue weighted by molar-refractivity contribution is 7.98. The Morgan fingerprint density at radius 1 is 1.15 bits per heavy atom. The lowest BCUT2D eigenvalue weighted by molar-refractivity contribution is 0.318. The third kappa shape index (κ3) is 3.48. The fraction of sp³-hybridized carbons (Fsp3) is 0.0714. The van der Waals surface area contributed by atoms with E-state index in [9.17, 15) is 8.78 Å². The Morgan fingerprint density at radius 3 is 2.45 bits per heavy atom. The quantitative estimate of drug-likeness (QED) is 0.299. The van der Waals surface area contributed by atoms with Gasteiger partial charge < -0.3 is 10.9 Å². The summed E-state index contributed by atoms with van der Waals surface area (Å²) >= 11 is 1.40. The van der Waals surface area contributed by atoms with Crippen LogP contribution in [0, 0.1) is 11.6 Å². The lowest BCUT2D eigenvalue weighted by Crippen LogP contribution is -2.13. The molecule has 3 nitrogen and oxygen atoms in total. The van der Waals surface area contributed by atoms with Crippen molar-refractivity contribution in [3.8, 4) is 0 Å². The minimum Gasteiger partial charge on any atom is -0.409 e. The van der Waals surface area contributed by atoms with Crippen molar-refractivity contribution in [2.45, 2.75) is 10.6 Å². The number of nitrogens with two attached hydrogens (primary N) is 1. The molecule has 0 atom stereocenters. The summed E-state index contributed by atoms with van der Waals surface area (Å²) in [6, 6.07) is 10.4. The number of thioether (sulfide) groups is 1. The summed E-state index contributed by atoms with van der Waals surface area (Å²) in [6.07, 6.45) is 0. The molecule has 2 rings (SSSR count). The van der Waals surface area contributed by atoms with E-state index in [4.69, 9.17) is 10.9 Å². The second-order valence-electron chi connectivity index (χ2n) is 4.03. The van der Waals surface area contributed by atoms with Gasteiger partial charge in [-0.25, -0.2) is 8.78 Å². The van der Waals surface area contributed by atoms with E-state index in [1.807, 2.05) is 0 Å². The van der Waals surface area contributed by atoms with E-state index >= 15 is 0 Å². The molecule has 0 bridgehead atoms. The Hall–Kier alpha value is -2.08. The SMILES string of the molecule is N/C(=N\O)c1ccc(CSc2ccc(F)cc2)c(F)c1. The van der Waals surface area contributed by atoms with Crippen LogP contribution in [0.4, 0.5) is 8.78 Å². The molecule has 0 saturated carbocycles. The fourth-order valence-electron chi connectivity index (χ4n) is 1.57. The predicted octanol–water partition coefficient (Wildman–Crippen LogP) is 3.35. The van der Waals surface area contributed by atoms with Gasteiger partial charge in [0.15, 0.2) is 5.84 Å². The highest BCUT2D eigenvalue weighted by Gasteiger charge is 2.07. The molecule has 104 valence electrons. The smallest absolute Gasteiger partial charge is 0.170 e. The summed E-state index contributed by atoms with van der Waals surface area (Å²) in [4.78, 5) is 0.853. The molecule has 20 heavy (non-hydrogen) atoms. The van der Waals surface area contributed by atoms with Crippen molar-refractivity contribution in [2.75, 3.05) is 0 Å². The van der Waals surface area contributed by atoms with Crippen LogP contribution in [0.15, 0.2) is 52.5 Å². The van der Waals surface area contributed by atoms with Crippen molar-refractivity contribution in [3.05, 3.63) is 65.2 Å². The van der Waals surface area contributed by atoms with Crippen molar-refractivity contribution in [2.24, 2.45) is 10.9 Å². The summed E-state index contributed by atoms with van der Waals surface area (Å²) in [7, 11) is 0. The van der Waals surface area contributed by atoms with Gasteiger partial charge >= 0.3 is 0 Å². The fourth-order valence-corrected chi connectivity index (χ4v) is 2.46. The van der Waals surface area contributed by atoms with Gasteiger partial charge in [0.1, 0.15) is 11.6 Å². The van der Waals surface area contributed by atoms with E-state index < -0.39 is 5.82 Å². The van der Waals surface area contributed by atoms with E-state index in [2.05, 4.69) is 5.16 Å². The lowest BCUT2D eigenvalue weighted by atomic mass is 10.1. The van der Waals surface area contributed by atoms with Gasteiger partial charge in [0, 0.05) is 16.2 Å². The lowest BCUT2D eigenvalue weighted by Gasteiger charge is -2.05. The van der Waals surface area contributed by atoms with E-state index in [0.29, 0.717) is 16.9 Å². The molecule has 2 aromatic carbocycles. The largest absolute Gasteiger partial charge is 0.409 e. The van der Waals surface area contributed by atoms with E-state index in [1.54, 1.807) is 24.3 Å². The molecule has 0 unspecified atom stereocenters. The zero-order chi connectivity index (χ0) is 14.5. The third-order valence-electron chi connectivity index (χ3n) is 2.66. The van der Waals surface area contributed by atoms with Crippen LogP contribution in [-0.4, -0.2) is 11.0 Å². The second-order valence-corrected chi connectivity index (χ2v) is 5.08. The predicted molar refractivity (Wildman–Crippen MR) is 74.9 cm³/mol. The molecule has 2 aromatic rings.